The summed E-state index contributed by atoms with van der Waals surface area (Å²) in [5.41, 5.74) is 2.43. The first-order valence-corrected chi connectivity index (χ1v) is 16.8. The van der Waals surface area contributed by atoms with Crippen LogP contribution < -0.4 is 23.7 Å². The Morgan fingerprint density at radius 2 is 1.64 bits per heavy atom. The summed E-state index contributed by atoms with van der Waals surface area (Å²) < 4.78 is 35.2. The lowest BCUT2D eigenvalue weighted by atomic mass is 9.91. The lowest BCUT2D eigenvalue weighted by Gasteiger charge is -2.22. The van der Waals surface area contributed by atoms with E-state index < -0.39 is 0 Å². The Balaban J connectivity index is 1.63. The average molecular weight is 707 g/mol. The first-order chi connectivity index (χ1) is 22.6. The molecule has 12 heteroatoms. The molecule has 1 heterocycles. The van der Waals surface area contributed by atoms with Gasteiger partial charge in [0.15, 0.2) is 23.0 Å². The second-order valence-corrected chi connectivity index (χ2v) is 13.1. The van der Waals surface area contributed by atoms with E-state index in [-0.39, 0.29) is 29.8 Å². The van der Waals surface area contributed by atoms with Crippen molar-refractivity contribution < 1.29 is 38.4 Å². The minimum Gasteiger partial charge on any atom is -0.493 e. The van der Waals surface area contributed by atoms with Crippen molar-refractivity contribution in [3.8, 4) is 28.7 Å². The van der Waals surface area contributed by atoms with Gasteiger partial charge in [0.05, 0.1) is 51.2 Å². The molecule has 1 aliphatic heterocycles. The molecule has 3 unspecified atom stereocenters. The molecule has 3 aromatic rings. The Hall–Kier alpha value is -3.28. The molecule has 3 aromatic carbocycles. The fourth-order valence-electron chi connectivity index (χ4n) is 5.36. The predicted octanol–water partition coefficient (Wildman–Crippen LogP) is 8.86. The van der Waals surface area contributed by atoms with E-state index in [0.29, 0.717) is 69.7 Å². The number of methoxy groups -OCH3 is 4. The molecule has 9 nitrogen and oxygen atoms in total. The number of halogens is 2. The summed E-state index contributed by atoms with van der Waals surface area (Å²) in [6.07, 6.45) is 4.84. The normalized spacial score (nSPS) is 16.6. The van der Waals surface area contributed by atoms with E-state index in [1.54, 1.807) is 46.6 Å². The molecule has 0 spiro atoms. The number of nitrogens with zero attached hydrogens (tertiary/aromatic N) is 1. The van der Waals surface area contributed by atoms with Gasteiger partial charge in [-0.15, -0.1) is 0 Å². The molecule has 0 bridgehead atoms. The molecule has 0 radical (unpaired) electrons. The molecule has 1 N–H and O–H groups in total. The second-order valence-electron chi connectivity index (χ2n) is 10.9. The lowest BCUT2D eigenvalue weighted by molar-refractivity contribution is -0.154. The topological polar surface area (TPSA) is 95.9 Å². The fraction of sp³-hybridized carbons (Fsp3) is 0.400. The van der Waals surface area contributed by atoms with E-state index in [1.165, 1.54) is 18.0 Å². The van der Waals surface area contributed by atoms with Gasteiger partial charge in [-0.2, -0.15) is 5.06 Å². The van der Waals surface area contributed by atoms with Crippen LogP contribution in [0.4, 0.5) is 0 Å². The van der Waals surface area contributed by atoms with Gasteiger partial charge in [-0.1, -0.05) is 54.0 Å². The van der Waals surface area contributed by atoms with Gasteiger partial charge in [0.2, 0.25) is 11.7 Å². The van der Waals surface area contributed by atoms with E-state index in [2.05, 4.69) is 6.07 Å². The Morgan fingerprint density at radius 1 is 0.979 bits per heavy atom. The maximum Gasteiger partial charge on any atom is 0.250 e. The Labute approximate surface area is 290 Å². The van der Waals surface area contributed by atoms with Gasteiger partial charge < -0.3 is 28.4 Å². The number of amides is 1. The van der Waals surface area contributed by atoms with Crippen molar-refractivity contribution in [3.63, 3.8) is 0 Å². The number of hydroxylamine groups is 2. The van der Waals surface area contributed by atoms with Gasteiger partial charge in [0.25, 0.3) is 0 Å². The summed E-state index contributed by atoms with van der Waals surface area (Å²) in [6, 6.07) is 13.3. The zero-order valence-corrected chi connectivity index (χ0v) is 29.7. The maximum atomic E-state index is 12.1. The number of thioether (sulfide) groups is 1. The highest BCUT2D eigenvalue weighted by molar-refractivity contribution is 7.99. The van der Waals surface area contributed by atoms with Crippen LogP contribution in [0.15, 0.2) is 59.6 Å². The third-order valence-corrected chi connectivity index (χ3v) is 9.38. The predicted molar refractivity (Wildman–Crippen MR) is 184 cm³/mol. The highest BCUT2D eigenvalue weighted by atomic mass is 35.5. The van der Waals surface area contributed by atoms with Crippen LogP contribution in [0.2, 0.25) is 10.0 Å². The van der Waals surface area contributed by atoms with Crippen LogP contribution in [0.25, 0.3) is 0 Å². The number of carbonyl (C=O) groups is 1. The van der Waals surface area contributed by atoms with Gasteiger partial charge in [-0.3, -0.25) is 10.0 Å². The van der Waals surface area contributed by atoms with Gasteiger partial charge in [-0.25, -0.2) is 0 Å². The van der Waals surface area contributed by atoms with Gasteiger partial charge in [-0.05, 0) is 73.7 Å². The number of hydrogen-bond donors (Lipinski definition) is 1. The smallest absolute Gasteiger partial charge is 0.250 e. The van der Waals surface area contributed by atoms with Crippen molar-refractivity contribution in [2.75, 3.05) is 35.0 Å². The molecule has 1 fully saturated rings. The third kappa shape index (κ3) is 9.21. The summed E-state index contributed by atoms with van der Waals surface area (Å²) in [4.78, 5) is 13.0. The van der Waals surface area contributed by atoms with E-state index in [1.807, 2.05) is 38.1 Å². The zero-order valence-electron chi connectivity index (χ0n) is 27.4. The molecule has 254 valence electrons. The van der Waals surface area contributed by atoms with Crippen LogP contribution >= 0.6 is 35.0 Å². The molecule has 0 aromatic heterocycles. The zero-order chi connectivity index (χ0) is 34.1. The number of ether oxygens (including phenoxy) is 6. The molecule has 1 aliphatic rings. The van der Waals surface area contributed by atoms with Crippen LogP contribution in [0.5, 0.6) is 28.7 Å². The minimum absolute atomic E-state index is 0.0493. The molecule has 3 atom stereocenters. The van der Waals surface area contributed by atoms with Crippen molar-refractivity contribution >= 4 is 40.9 Å². The van der Waals surface area contributed by atoms with Crippen LogP contribution in [0.1, 0.15) is 61.8 Å². The molecule has 1 amide bonds. The summed E-state index contributed by atoms with van der Waals surface area (Å²) >= 11 is 13.8. The second kappa shape index (κ2) is 17.2. The molecule has 47 heavy (non-hydrogen) atoms. The van der Waals surface area contributed by atoms with Crippen molar-refractivity contribution in [2.24, 2.45) is 0 Å². The van der Waals surface area contributed by atoms with E-state index in [4.69, 9.17) is 51.6 Å². The van der Waals surface area contributed by atoms with E-state index in [9.17, 15) is 10.0 Å². The largest absolute Gasteiger partial charge is 0.493 e. The van der Waals surface area contributed by atoms with Crippen LogP contribution in [0, 0.1) is 0 Å². The number of allylic oxidation sites excluding steroid dienone is 1. The Kier molecular flexibility index (Phi) is 13.4. The monoisotopic (exact) mass is 705 g/mol. The summed E-state index contributed by atoms with van der Waals surface area (Å²) in [7, 11) is 6.35. The summed E-state index contributed by atoms with van der Waals surface area (Å²) in [6.45, 7) is 4.30. The van der Waals surface area contributed by atoms with Gasteiger partial charge in [0.1, 0.15) is 5.44 Å². The van der Waals surface area contributed by atoms with Crippen molar-refractivity contribution in [1.29, 1.82) is 0 Å². The number of hydrogen-bond acceptors (Lipinski definition) is 9. The van der Waals surface area contributed by atoms with E-state index >= 15 is 0 Å². The first kappa shape index (κ1) is 36.6. The Bertz CT molecular complexity index is 1540. The number of carbonyl (C=O) groups excluding carboxylic acids is 1. The fourth-order valence-corrected chi connectivity index (χ4v) is 6.58. The average Bonchev–Trinajstić information content (AvgIpc) is 3.56. The molecular formula is C35H41Cl2NO8S. The molecular weight excluding hydrogens is 665 g/mol. The van der Waals surface area contributed by atoms with Crippen molar-refractivity contribution in [3.05, 3.63) is 81.5 Å². The highest BCUT2D eigenvalue weighted by Gasteiger charge is 2.31. The van der Waals surface area contributed by atoms with Crippen molar-refractivity contribution in [1.82, 2.24) is 5.06 Å². The van der Waals surface area contributed by atoms with Gasteiger partial charge in [0, 0.05) is 29.0 Å². The lowest BCUT2D eigenvalue weighted by Crippen LogP contribution is -2.20. The van der Waals surface area contributed by atoms with Crippen LogP contribution in [-0.2, 0) is 16.0 Å². The highest BCUT2D eigenvalue weighted by Crippen LogP contribution is 2.46. The standard InChI is InChI=1S/C35H41Cl2NO8S/c1-7-9-33(39)38(40)13-8-10-22-14-23(15-30(41-3)34(22)46-21(2)47-26-11-12-27(36)28(37)19-26)25-18-29(45-20-25)24-16-31(42-4)35(44-6)32(17-24)43-5/h8,11-17,19,21,25,29,40H,7,9-10,18,20H2,1-6H3. The van der Waals surface area contributed by atoms with Gasteiger partial charge >= 0.3 is 0 Å². The SMILES string of the molecule is CCCC(=O)N(O)C=CCc1cc(C2COC(c3cc(OC)c(OC)c(OC)c3)C2)cc(OC)c1OC(C)Sc1ccc(Cl)c(Cl)c1. The third-order valence-electron chi connectivity index (χ3n) is 7.68. The summed E-state index contributed by atoms with van der Waals surface area (Å²) in [5.74, 6) is 2.45. The molecule has 1 saturated heterocycles. The number of benzene rings is 3. The maximum absolute atomic E-state index is 12.1. The van der Waals surface area contributed by atoms with Crippen molar-refractivity contribution in [2.45, 2.75) is 61.9 Å². The molecule has 0 saturated carbocycles. The Morgan fingerprint density at radius 3 is 2.26 bits per heavy atom. The quantitative estimate of drug-likeness (QED) is 0.0720. The van der Waals surface area contributed by atoms with Crippen LogP contribution in [0.3, 0.4) is 0 Å². The first-order valence-electron chi connectivity index (χ1n) is 15.2. The molecule has 4 rings (SSSR count). The molecule has 0 aliphatic carbocycles. The van der Waals surface area contributed by atoms with E-state index in [0.717, 1.165) is 21.6 Å². The van der Waals surface area contributed by atoms with Crippen LogP contribution in [-0.4, -0.2) is 56.7 Å². The minimum atomic E-state index is -0.376. The summed E-state index contributed by atoms with van der Waals surface area (Å²) in [5, 5.41) is 11.8. The number of rotatable bonds is 15.